The van der Waals surface area contributed by atoms with Crippen molar-refractivity contribution in [3.63, 3.8) is 0 Å². The van der Waals surface area contributed by atoms with Crippen LogP contribution in [0.25, 0.3) is 0 Å². The molecule has 5 heteroatoms. The SMILES string of the molecule is Cc1nc(N)sc1C(=O)NCC1(C)CCCC1. The third-order valence-electron chi connectivity index (χ3n) is 3.51. The molecule has 0 aromatic carbocycles. The first kappa shape index (κ1) is 12.4. The van der Waals surface area contributed by atoms with Gasteiger partial charge in [-0.15, -0.1) is 0 Å². The van der Waals surface area contributed by atoms with Crippen LogP contribution in [0.1, 0.15) is 48.0 Å². The minimum absolute atomic E-state index is 0.0372. The summed E-state index contributed by atoms with van der Waals surface area (Å²) in [6.45, 7) is 4.82. The monoisotopic (exact) mass is 253 g/mol. The van der Waals surface area contributed by atoms with Gasteiger partial charge in [-0.2, -0.15) is 0 Å². The number of thiazole rings is 1. The van der Waals surface area contributed by atoms with Crippen molar-refractivity contribution >= 4 is 22.4 Å². The van der Waals surface area contributed by atoms with E-state index in [1.165, 1.54) is 37.0 Å². The van der Waals surface area contributed by atoms with Gasteiger partial charge in [0, 0.05) is 6.54 Å². The third-order valence-corrected chi connectivity index (χ3v) is 4.49. The number of nitrogen functional groups attached to an aromatic ring is 1. The Morgan fingerprint density at radius 3 is 2.71 bits per heavy atom. The van der Waals surface area contributed by atoms with E-state index in [4.69, 9.17) is 5.73 Å². The summed E-state index contributed by atoms with van der Waals surface area (Å²) in [4.78, 5) is 16.7. The van der Waals surface area contributed by atoms with E-state index >= 15 is 0 Å². The second kappa shape index (κ2) is 4.64. The highest BCUT2D eigenvalue weighted by Gasteiger charge is 2.29. The molecule has 2 rings (SSSR count). The van der Waals surface area contributed by atoms with E-state index in [1.807, 2.05) is 6.92 Å². The molecule has 1 aliphatic rings. The molecule has 1 fully saturated rings. The number of nitrogens with two attached hydrogens (primary N) is 1. The van der Waals surface area contributed by atoms with Gasteiger partial charge in [0.15, 0.2) is 5.13 Å². The highest BCUT2D eigenvalue weighted by Crippen LogP contribution is 2.36. The molecule has 17 heavy (non-hydrogen) atoms. The number of anilines is 1. The summed E-state index contributed by atoms with van der Waals surface area (Å²) in [7, 11) is 0. The van der Waals surface area contributed by atoms with Crippen molar-refractivity contribution < 1.29 is 4.79 Å². The molecule has 3 N–H and O–H groups in total. The van der Waals surface area contributed by atoms with Gasteiger partial charge >= 0.3 is 0 Å². The van der Waals surface area contributed by atoms with E-state index in [0.29, 0.717) is 10.0 Å². The Bertz CT molecular complexity index is 421. The first-order valence-electron chi connectivity index (χ1n) is 6.01. The maximum absolute atomic E-state index is 12.0. The van der Waals surface area contributed by atoms with Crippen LogP contribution >= 0.6 is 11.3 Å². The van der Waals surface area contributed by atoms with Gasteiger partial charge in [0.2, 0.25) is 0 Å². The smallest absolute Gasteiger partial charge is 0.263 e. The number of carbonyl (C=O) groups is 1. The first-order chi connectivity index (χ1) is 8.00. The zero-order chi connectivity index (χ0) is 12.5. The quantitative estimate of drug-likeness (QED) is 0.868. The fraction of sp³-hybridized carbons (Fsp3) is 0.667. The number of amides is 1. The highest BCUT2D eigenvalue weighted by atomic mass is 32.1. The number of nitrogens with one attached hydrogen (secondary N) is 1. The van der Waals surface area contributed by atoms with Crippen molar-refractivity contribution in [1.29, 1.82) is 0 Å². The van der Waals surface area contributed by atoms with E-state index in [2.05, 4.69) is 17.2 Å². The Balaban J connectivity index is 1.95. The lowest BCUT2D eigenvalue weighted by molar-refractivity contribution is 0.0937. The molecule has 1 saturated carbocycles. The van der Waals surface area contributed by atoms with Crippen LogP contribution in [0.2, 0.25) is 0 Å². The number of aryl methyl sites for hydroxylation is 1. The number of hydrogen-bond donors (Lipinski definition) is 2. The molecule has 0 atom stereocenters. The molecule has 94 valence electrons. The molecule has 1 aromatic heterocycles. The zero-order valence-corrected chi connectivity index (χ0v) is 11.2. The lowest BCUT2D eigenvalue weighted by atomic mass is 9.89. The fourth-order valence-corrected chi connectivity index (χ4v) is 3.16. The van der Waals surface area contributed by atoms with Gasteiger partial charge in [0.25, 0.3) is 5.91 Å². The molecule has 4 nitrogen and oxygen atoms in total. The van der Waals surface area contributed by atoms with Gasteiger partial charge < -0.3 is 11.1 Å². The Labute approximate surface area is 106 Å². The average Bonchev–Trinajstić information content (AvgIpc) is 2.83. The average molecular weight is 253 g/mol. The predicted octanol–water partition coefficient (Wildman–Crippen LogP) is 2.34. The van der Waals surface area contributed by atoms with Gasteiger partial charge in [-0.3, -0.25) is 4.79 Å². The van der Waals surface area contributed by atoms with Gasteiger partial charge in [-0.05, 0) is 25.2 Å². The Kier molecular flexibility index (Phi) is 3.38. The van der Waals surface area contributed by atoms with Gasteiger partial charge in [0.1, 0.15) is 4.88 Å². The Morgan fingerprint density at radius 1 is 1.53 bits per heavy atom. The Hall–Kier alpha value is -1.10. The number of hydrogen-bond acceptors (Lipinski definition) is 4. The molecule has 0 saturated heterocycles. The van der Waals surface area contributed by atoms with Crippen LogP contribution < -0.4 is 11.1 Å². The zero-order valence-electron chi connectivity index (χ0n) is 10.4. The molecule has 0 aliphatic heterocycles. The lowest BCUT2D eigenvalue weighted by Gasteiger charge is -2.23. The standard InChI is InChI=1S/C12H19N3OS/c1-8-9(17-11(13)15-8)10(16)14-7-12(2)5-3-4-6-12/h3-7H2,1-2H3,(H2,13,15)(H,14,16). The molecule has 1 aromatic rings. The van der Waals surface area contributed by atoms with Crippen LogP contribution in [0.15, 0.2) is 0 Å². The molecule has 0 bridgehead atoms. The van der Waals surface area contributed by atoms with Gasteiger partial charge in [0.05, 0.1) is 5.69 Å². The summed E-state index contributed by atoms with van der Waals surface area (Å²) in [5.74, 6) is -0.0372. The van der Waals surface area contributed by atoms with Crippen molar-refractivity contribution in [2.75, 3.05) is 12.3 Å². The second-order valence-corrected chi connectivity index (χ2v) is 6.20. The molecule has 0 radical (unpaired) electrons. The van der Waals surface area contributed by atoms with Crippen LogP contribution in [-0.4, -0.2) is 17.4 Å². The van der Waals surface area contributed by atoms with E-state index in [1.54, 1.807) is 0 Å². The summed E-state index contributed by atoms with van der Waals surface area (Å²) < 4.78 is 0. The number of rotatable bonds is 3. The number of aromatic nitrogens is 1. The fourth-order valence-electron chi connectivity index (χ4n) is 2.41. The number of nitrogens with zero attached hydrogens (tertiary/aromatic N) is 1. The van der Waals surface area contributed by atoms with Crippen LogP contribution in [0.3, 0.4) is 0 Å². The molecule has 1 amide bonds. The van der Waals surface area contributed by atoms with Crippen LogP contribution in [0, 0.1) is 12.3 Å². The topological polar surface area (TPSA) is 68.0 Å². The van der Waals surface area contributed by atoms with Crippen LogP contribution in [0.5, 0.6) is 0 Å². The Morgan fingerprint density at radius 2 is 2.18 bits per heavy atom. The lowest BCUT2D eigenvalue weighted by Crippen LogP contribution is -2.34. The minimum Gasteiger partial charge on any atom is -0.375 e. The molecule has 1 heterocycles. The summed E-state index contributed by atoms with van der Waals surface area (Å²) in [6, 6.07) is 0. The van der Waals surface area contributed by atoms with Crippen molar-refractivity contribution in [1.82, 2.24) is 10.3 Å². The summed E-state index contributed by atoms with van der Waals surface area (Å²) >= 11 is 1.26. The van der Waals surface area contributed by atoms with Gasteiger partial charge in [-0.1, -0.05) is 31.1 Å². The van der Waals surface area contributed by atoms with Crippen LogP contribution in [0.4, 0.5) is 5.13 Å². The maximum atomic E-state index is 12.0. The summed E-state index contributed by atoms with van der Waals surface area (Å²) in [5, 5.41) is 3.47. The largest absolute Gasteiger partial charge is 0.375 e. The molecular formula is C12H19N3OS. The third kappa shape index (κ3) is 2.77. The maximum Gasteiger partial charge on any atom is 0.263 e. The normalized spacial score (nSPS) is 18.2. The van der Waals surface area contributed by atoms with E-state index in [-0.39, 0.29) is 11.3 Å². The molecule has 0 unspecified atom stereocenters. The highest BCUT2D eigenvalue weighted by molar-refractivity contribution is 7.17. The van der Waals surface area contributed by atoms with E-state index in [0.717, 1.165) is 12.2 Å². The van der Waals surface area contributed by atoms with Crippen molar-refractivity contribution in [3.8, 4) is 0 Å². The van der Waals surface area contributed by atoms with Crippen molar-refractivity contribution in [3.05, 3.63) is 10.6 Å². The molecule has 0 spiro atoms. The number of carbonyl (C=O) groups excluding carboxylic acids is 1. The second-order valence-electron chi connectivity index (χ2n) is 5.17. The molecule has 1 aliphatic carbocycles. The van der Waals surface area contributed by atoms with E-state index in [9.17, 15) is 4.79 Å². The predicted molar refractivity (Wildman–Crippen MR) is 70.2 cm³/mol. The van der Waals surface area contributed by atoms with Crippen molar-refractivity contribution in [2.24, 2.45) is 5.41 Å². The first-order valence-corrected chi connectivity index (χ1v) is 6.83. The van der Waals surface area contributed by atoms with Crippen LogP contribution in [-0.2, 0) is 0 Å². The van der Waals surface area contributed by atoms with E-state index < -0.39 is 0 Å². The molecular weight excluding hydrogens is 234 g/mol. The summed E-state index contributed by atoms with van der Waals surface area (Å²) in [5.41, 5.74) is 6.59. The summed E-state index contributed by atoms with van der Waals surface area (Å²) in [6.07, 6.45) is 4.96. The van der Waals surface area contributed by atoms with Gasteiger partial charge in [-0.25, -0.2) is 4.98 Å². The van der Waals surface area contributed by atoms with Crippen molar-refractivity contribution in [2.45, 2.75) is 39.5 Å². The minimum atomic E-state index is -0.0372.